The van der Waals surface area contributed by atoms with Crippen molar-refractivity contribution in [2.75, 3.05) is 38.7 Å². The summed E-state index contributed by atoms with van der Waals surface area (Å²) >= 11 is 0. The number of fused-ring (bicyclic) bond motifs is 1. The van der Waals surface area contributed by atoms with Crippen molar-refractivity contribution in [2.24, 2.45) is 0 Å². The number of carbonyl (C=O) groups is 1. The van der Waals surface area contributed by atoms with Gasteiger partial charge in [-0.2, -0.15) is 0 Å². The van der Waals surface area contributed by atoms with Crippen molar-refractivity contribution in [1.82, 2.24) is 9.62 Å². The van der Waals surface area contributed by atoms with Crippen LogP contribution in [0.15, 0.2) is 47.4 Å². The summed E-state index contributed by atoms with van der Waals surface area (Å²) in [6, 6.07) is 12.3. The Kier molecular flexibility index (Phi) is 6.30. The van der Waals surface area contributed by atoms with E-state index in [-0.39, 0.29) is 34.3 Å². The van der Waals surface area contributed by atoms with Crippen molar-refractivity contribution >= 4 is 21.6 Å². The van der Waals surface area contributed by atoms with E-state index >= 15 is 0 Å². The van der Waals surface area contributed by atoms with Gasteiger partial charge in [0.1, 0.15) is 22.5 Å². The van der Waals surface area contributed by atoms with Gasteiger partial charge >= 0.3 is 0 Å². The lowest BCUT2D eigenvalue weighted by Gasteiger charge is -2.37. The predicted octanol–water partition coefficient (Wildman–Crippen LogP) is 2.50. The molecule has 4 rings (SSSR count). The predicted molar refractivity (Wildman–Crippen MR) is 122 cm³/mol. The summed E-state index contributed by atoms with van der Waals surface area (Å²) in [5.41, 5.74) is 1.33. The minimum absolute atomic E-state index is 0.0221. The van der Waals surface area contributed by atoms with Crippen LogP contribution in [0.25, 0.3) is 0 Å². The Morgan fingerprint density at radius 2 is 2.00 bits per heavy atom. The second-order valence-corrected chi connectivity index (χ2v) is 9.88. The van der Waals surface area contributed by atoms with Crippen molar-refractivity contribution < 1.29 is 22.7 Å². The van der Waals surface area contributed by atoms with E-state index in [1.807, 2.05) is 24.3 Å². The third-order valence-electron chi connectivity index (χ3n) is 5.73. The minimum Gasteiger partial charge on any atom is -0.495 e. The summed E-state index contributed by atoms with van der Waals surface area (Å²) in [4.78, 5) is 16.9. The van der Waals surface area contributed by atoms with Crippen LogP contribution in [-0.2, 0) is 10.0 Å². The fourth-order valence-corrected chi connectivity index (χ4v) is 5.39. The molecule has 1 aliphatic heterocycles. The van der Waals surface area contributed by atoms with Gasteiger partial charge in [0.2, 0.25) is 10.0 Å². The third kappa shape index (κ3) is 4.68. The number of ether oxygens (including phenoxy) is 2. The van der Waals surface area contributed by atoms with Gasteiger partial charge in [-0.25, -0.2) is 13.1 Å². The van der Waals surface area contributed by atoms with Gasteiger partial charge in [-0.05, 0) is 50.1 Å². The van der Waals surface area contributed by atoms with E-state index in [4.69, 9.17) is 9.47 Å². The van der Waals surface area contributed by atoms with Crippen molar-refractivity contribution in [3.05, 3.63) is 48.0 Å². The van der Waals surface area contributed by atoms with E-state index in [1.165, 1.54) is 19.2 Å². The normalized spacial score (nSPS) is 18.0. The number of para-hydroxylation sites is 2. The number of amides is 1. The number of likely N-dealkylation sites (N-methyl/N-ethyl adjacent to an activating group) is 2. The Labute approximate surface area is 189 Å². The monoisotopic (exact) mass is 459 g/mol. The molecule has 0 saturated heterocycles. The SMILES string of the molecule is CCN1C[C@H](CN(C)C(=O)c2ccc(OC)c(S(=O)(=O)NC3CC3)c2)Oc2ccccc21. The van der Waals surface area contributed by atoms with E-state index in [2.05, 4.69) is 16.5 Å². The maximum absolute atomic E-state index is 13.1. The highest BCUT2D eigenvalue weighted by molar-refractivity contribution is 7.89. The molecule has 8 nitrogen and oxygen atoms in total. The van der Waals surface area contributed by atoms with Crippen LogP contribution < -0.4 is 19.1 Å². The molecular weight excluding hydrogens is 430 g/mol. The standard InChI is InChI=1S/C23H29N3O5S/c1-4-26-15-18(31-20-8-6-5-7-19(20)26)14-25(2)23(27)16-9-12-21(30-3)22(13-16)32(28,29)24-17-10-11-17/h5-9,12-13,17-18,24H,4,10-11,14-15H2,1-3H3/t18-/m0/s1. The molecule has 0 bridgehead atoms. The molecule has 0 unspecified atom stereocenters. The minimum atomic E-state index is -3.77. The van der Waals surface area contributed by atoms with Crippen molar-refractivity contribution in [3.8, 4) is 11.5 Å². The molecule has 1 aliphatic carbocycles. The van der Waals surface area contributed by atoms with Gasteiger partial charge in [-0.15, -0.1) is 0 Å². The molecule has 2 aliphatic rings. The van der Waals surface area contributed by atoms with Gasteiger partial charge in [-0.3, -0.25) is 4.79 Å². The van der Waals surface area contributed by atoms with Gasteiger partial charge in [0, 0.05) is 25.2 Å². The molecule has 0 radical (unpaired) electrons. The zero-order valence-electron chi connectivity index (χ0n) is 18.6. The van der Waals surface area contributed by atoms with E-state index in [9.17, 15) is 13.2 Å². The average molecular weight is 460 g/mol. The summed E-state index contributed by atoms with van der Waals surface area (Å²) in [5, 5.41) is 0. The molecule has 0 aromatic heterocycles. The summed E-state index contributed by atoms with van der Waals surface area (Å²) in [6.07, 6.45) is 1.45. The third-order valence-corrected chi connectivity index (χ3v) is 7.27. The number of nitrogens with one attached hydrogen (secondary N) is 1. The first-order valence-corrected chi connectivity index (χ1v) is 12.3. The molecule has 1 heterocycles. The van der Waals surface area contributed by atoms with Crippen LogP contribution in [0.1, 0.15) is 30.1 Å². The number of hydrogen-bond donors (Lipinski definition) is 1. The van der Waals surface area contributed by atoms with E-state index < -0.39 is 10.0 Å². The van der Waals surface area contributed by atoms with Crippen LogP contribution in [0, 0.1) is 0 Å². The lowest BCUT2D eigenvalue weighted by atomic mass is 10.1. The van der Waals surface area contributed by atoms with E-state index in [1.54, 1.807) is 18.0 Å². The molecule has 172 valence electrons. The quantitative estimate of drug-likeness (QED) is 0.653. The first-order valence-electron chi connectivity index (χ1n) is 10.8. The maximum atomic E-state index is 13.1. The molecular formula is C23H29N3O5S. The van der Waals surface area contributed by atoms with Crippen molar-refractivity contribution in [1.29, 1.82) is 0 Å². The van der Waals surface area contributed by atoms with Gasteiger partial charge in [0.15, 0.2) is 0 Å². The van der Waals surface area contributed by atoms with Crippen LogP contribution in [-0.4, -0.2) is 65.2 Å². The van der Waals surface area contributed by atoms with Crippen molar-refractivity contribution in [2.45, 2.75) is 36.8 Å². The van der Waals surface area contributed by atoms with Crippen LogP contribution in [0.3, 0.4) is 0 Å². The molecule has 2 aromatic rings. The van der Waals surface area contributed by atoms with Gasteiger partial charge < -0.3 is 19.3 Å². The molecule has 0 spiro atoms. The Morgan fingerprint density at radius 1 is 1.25 bits per heavy atom. The van der Waals surface area contributed by atoms with Gasteiger partial charge in [0.25, 0.3) is 5.91 Å². The maximum Gasteiger partial charge on any atom is 0.253 e. The highest BCUT2D eigenvalue weighted by Crippen LogP contribution is 2.33. The van der Waals surface area contributed by atoms with Crippen LogP contribution in [0.2, 0.25) is 0 Å². The van der Waals surface area contributed by atoms with E-state index in [0.717, 1.165) is 30.8 Å². The zero-order chi connectivity index (χ0) is 22.9. The summed E-state index contributed by atoms with van der Waals surface area (Å²) in [5.74, 6) is 0.736. The number of hydrogen-bond acceptors (Lipinski definition) is 6. The summed E-state index contributed by atoms with van der Waals surface area (Å²) < 4.78 is 39.5. The lowest BCUT2D eigenvalue weighted by Crippen LogP contribution is -2.46. The Hall–Kier alpha value is -2.78. The highest BCUT2D eigenvalue weighted by Gasteiger charge is 2.31. The molecule has 1 fully saturated rings. The molecule has 2 aromatic carbocycles. The average Bonchev–Trinajstić information content (AvgIpc) is 3.60. The number of sulfonamides is 1. The molecule has 1 saturated carbocycles. The number of rotatable bonds is 8. The number of nitrogens with zero attached hydrogens (tertiary/aromatic N) is 2. The molecule has 32 heavy (non-hydrogen) atoms. The Bertz CT molecular complexity index is 1100. The molecule has 1 atom stereocenters. The summed E-state index contributed by atoms with van der Waals surface area (Å²) in [6.45, 7) is 3.96. The fourth-order valence-electron chi connectivity index (χ4n) is 3.89. The van der Waals surface area contributed by atoms with Crippen LogP contribution >= 0.6 is 0 Å². The first kappa shape index (κ1) is 22.4. The smallest absolute Gasteiger partial charge is 0.253 e. The lowest BCUT2D eigenvalue weighted by molar-refractivity contribution is 0.0709. The van der Waals surface area contributed by atoms with E-state index in [0.29, 0.717) is 13.1 Å². The summed E-state index contributed by atoms with van der Waals surface area (Å²) in [7, 11) is -0.659. The van der Waals surface area contributed by atoms with Crippen LogP contribution in [0.4, 0.5) is 5.69 Å². The Balaban J connectivity index is 1.51. The molecule has 1 amide bonds. The highest BCUT2D eigenvalue weighted by atomic mass is 32.2. The largest absolute Gasteiger partial charge is 0.495 e. The topological polar surface area (TPSA) is 88.2 Å². The molecule has 1 N–H and O–H groups in total. The van der Waals surface area contributed by atoms with Crippen LogP contribution in [0.5, 0.6) is 11.5 Å². The number of carbonyl (C=O) groups excluding carboxylic acids is 1. The zero-order valence-corrected chi connectivity index (χ0v) is 19.4. The second-order valence-electron chi connectivity index (χ2n) is 8.19. The second kappa shape index (κ2) is 8.99. The number of methoxy groups -OCH3 is 1. The fraction of sp³-hybridized carbons (Fsp3) is 0.435. The van der Waals surface area contributed by atoms with Crippen molar-refractivity contribution in [3.63, 3.8) is 0 Å². The number of anilines is 1. The molecule has 9 heteroatoms. The Morgan fingerprint density at radius 3 is 2.69 bits per heavy atom. The van der Waals surface area contributed by atoms with Gasteiger partial charge in [-0.1, -0.05) is 12.1 Å². The number of benzene rings is 2. The van der Waals surface area contributed by atoms with Gasteiger partial charge in [0.05, 0.1) is 25.9 Å². The first-order chi connectivity index (χ1) is 15.3.